The third kappa shape index (κ3) is 4.07. The Bertz CT molecular complexity index is 427. The van der Waals surface area contributed by atoms with Crippen LogP contribution >= 0.6 is 15.9 Å². The first-order chi connectivity index (χ1) is 9.06. The fourth-order valence-corrected chi connectivity index (χ4v) is 2.97. The predicted octanol–water partition coefficient (Wildman–Crippen LogP) is 4.23. The highest BCUT2D eigenvalue weighted by Gasteiger charge is 2.24. The summed E-state index contributed by atoms with van der Waals surface area (Å²) in [4.78, 5) is 14.2. The molecule has 0 radical (unpaired) electrons. The molecule has 19 heavy (non-hydrogen) atoms. The van der Waals surface area contributed by atoms with E-state index in [1.165, 1.54) is 5.56 Å². The van der Waals surface area contributed by atoms with E-state index in [0.29, 0.717) is 24.2 Å². The Hall–Kier alpha value is -0.830. The number of nitrogens with zero attached hydrogens (tertiary/aromatic N) is 1. The van der Waals surface area contributed by atoms with Crippen LogP contribution in [0.4, 0.5) is 0 Å². The molecule has 0 bridgehead atoms. The molecule has 1 aliphatic rings. The molecule has 1 amide bonds. The molecule has 1 aliphatic heterocycles. The maximum absolute atomic E-state index is 12.2. The van der Waals surface area contributed by atoms with Crippen LogP contribution in [0.5, 0.6) is 0 Å². The summed E-state index contributed by atoms with van der Waals surface area (Å²) in [5.41, 5.74) is 1.21. The normalized spacial score (nSPS) is 20.7. The van der Waals surface area contributed by atoms with E-state index in [-0.39, 0.29) is 0 Å². The van der Waals surface area contributed by atoms with Crippen LogP contribution in [0, 0.1) is 11.8 Å². The number of amides is 1. The van der Waals surface area contributed by atoms with Gasteiger partial charge in [0.25, 0.3) is 0 Å². The lowest BCUT2D eigenvalue weighted by molar-refractivity contribution is -0.131. The van der Waals surface area contributed by atoms with Crippen molar-refractivity contribution >= 4 is 21.8 Å². The highest BCUT2D eigenvalue weighted by atomic mass is 79.9. The van der Waals surface area contributed by atoms with E-state index in [1.807, 2.05) is 17.0 Å². The molecule has 0 saturated carbocycles. The van der Waals surface area contributed by atoms with Gasteiger partial charge in [-0.25, -0.2) is 0 Å². The molecule has 2 nitrogen and oxygen atoms in total. The molecule has 104 valence electrons. The predicted molar refractivity (Wildman–Crippen MR) is 81.7 cm³/mol. The van der Waals surface area contributed by atoms with Gasteiger partial charge in [-0.1, -0.05) is 41.9 Å². The Morgan fingerprint density at radius 1 is 1.26 bits per heavy atom. The molecule has 1 fully saturated rings. The van der Waals surface area contributed by atoms with Gasteiger partial charge in [-0.2, -0.15) is 0 Å². The number of carbonyl (C=O) groups excluding carboxylic acids is 1. The van der Waals surface area contributed by atoms with E-state index in [2.05, 4.69) is 41.9 Å². The summed E-state index contributed by atoms with van der Waals surface area (Å²) in [6.07, 6.45) is 2.90. The third-order valence-electron chi connectivity index (χ3n) is 4.08. The summed E-state index contributed by atoms with van der Waals surface area (Å²) < 4.78 is 1.08. The van der Waals surface area contributed by atoms with E-state index in [0.717, 1.165) is 30.4 Å². The highest BCUT2D eigenvalue weighted by molar-refractivity contribution is 9.10. The van der Waals surface area contributed by atoms with Crippen molar-refractivity contribution < 1.29 is 4.79 Å². The minimum Gasteiger partial charge on any atom is -0.338 e. The van der Waals surface area contributed by atoms with Gasteiger partial charge in [0.2, 0.25) is 5.91 Å². The largest absolute Gasteiger partial charge is 0.338 e. The van der Waals surface area contributed by atoms with Gasteiger partial charge in [0.05, 0.1) is 0 Å². The zero-order valence-corrected chi connectivity index (χ0v) is 13.3. The summed E-state index contributed by atoms with van der Waals surface area (Å²) in [7, 11) is 0. The minimum absolute atomic E-state index is 0.311. The second-order valence-electron chi connectivity index (χ2n) is 5.77. The molecule has 1 heterocycles. The standard InChI is InChI=1S/C16H22BrNO/c1-12(2)14-5-8-16(19)18(10-9-14)11-13-3-6-15(17)7-4-13/h3-4,6-7,12,14H,5,8-11H2,1-2H3. The van der Waals surface area contributed by atoms with E-state index in [9.17, 15) is 4.79 Å². The summed E-state index contributed by atoms with van der Waals surface area (Å²) in [5.74, 6) is 1.69. The lowest BCUT2D eigenvalue weighted by Gasteiger charge is -2.22. The van der Waals surface area contributed by atoms with E-state index >= 15 is 0 Å². The van der Waals surface area contributed by atoms with Gasteiger partial charge in [-0.15, -0.1) is 0 Å². The number of hydrogen-bond acceptors (Lipinski definition) is 1. The summed E-state index contributed by atoms with van der Waals surface area (Å²) in [5, 5.41) is 0. The number of benzene rings is 1. The molecule has 3 heteroatoms. The van der Waals surface area contributed by atoms with E-state index < -0.39 is 0 Å². The Kier molecular flexibility index (Phi) is 5.03. The van der Waals surface area contributed by atoms with Gasteiger partial charge in [0.15, 0.2) is 0 Å². The number of hydrogen-bond donors (Lipinski definition) is 0. The summed E-state index contributed by atoms with van der Waals surface area (Å²) in [6.45, 7) is 6.17. The van der Waals surface area contributed by atoms with Gasteiger partial charge in [-0.05, 0) is 42.4 Å². The van der Waals surface area contributed by atoms with Crippen LogP contribution in [0.1, 0.15) is 38.7 Å². The molecular formula is C16H22BrNO. The smallest absolute Gasteiger partial charge is 0.222 e. The van der Waals surface area contributed by atoms with Crippen LogP contribution in [-0.2, 0) is 11.3 Å². The van der Waals surface area contributed by atoms with E-state index in [1.54, 1.807) is 0 Å². The Morgan fingerprint density at radius 2 is 1.95 bits per heavy atom. The van der Waals surface area contributed by atoms with Gasteiger partial charge in [0.1, 0.15) is 0 Å². The average molecular weight is 324 g/mol. The molecule has 0 aliphatic carbocycles. The molecular weight excluding hydrogens is 302 g/mol. The maximum atomic E-state index is 12.2. The zero-order chi connectivity index (χ0) is 13.8. The highest BCUT2D eigenvalue weighted by Crippen LogP contribution is 2.26. The first kappa shape index (κ1) is 14.6. The fraction of sp³-hybridized carbons (Fsp3) is 0.562. The van der Waals surface area contributed by atoms with Crippen LogP contribution < -0.4 is 0 Å². The summed E-state index contributed by atoms with van der Waals surface area (Å²) in [6, 6.07) is 8.24. The van der Waals surface area contributed by atoms with Gasteiger partial charge < -0.3 is 4.90 Å². The van der Waals surface area contributed by atoms with Crippen LogP contribution in [0.2, 0.25) is 0 Å². The number of likely N-dealkylation sites (tertiary alicyclic amines) is 1. The van der Waals surface area contributed by atoms with E-state index in [4.69, 9.17) is 0 Å². The SMILES string of the molecule is CC(C)C1CCC(=O)N(Cc2ccc(Br)cc2)CC1. The molecule has 1 unspecified atom stereocenters. The van der Waals surface area contributed by atoms with Crippen molar-refractivity contribution in [2.45, 2.75) is 39.7 Å². The maximum Gasteiger partial charge on any atom is 0.222 e. The quantitative estimate of drug-likeness (QED) is 0.815. The van der Waals surface area contributed by atoms with Crippen molar-refractivity contribution in [3.8, 4) is 0 Å². The molecule has 0 N–H and O–H groups in total. The lowest BCUT2D eigenvalue weighted by Crippen LogP contribution is -2.29. The first-order valence-electron chi connectivity index (χ1n) is 7.08. The minimum atomic E-state index is 0.311. The molecule has 1 aromatic rings. The Morgan fingerprint density at radius 3 is 2.58 bits per heavy atom. The fourth-order valence-electron chi connectivity index (χ4n) is 2.70. The molecule has 1 aromatic carbocycles. The zero-order valence-electron chi connectivity index (χ0n) is 11.7. The van der Waals surface area contributed by atoms with Crippen LogP contribution in [-0.4, -0.2) is 17.4 Å². The average Bonchev–Trinajstić information content (AvgIpc) is 2.55. The molecule has 1 atom stereocenters. The molecule has 1 saturated heterocycles. The van der Waals surface area contributed by atoms with Crippen molar-refractivity contribution in [1.29, 1.82) is 0 Å². The second-order valence-corrected chi connectivity index (χ2v) is 6.69. The summed E-state index contributed by atoms with van der Waals surface area (Å²) >= 11 is 3.44. The van der Waals surface area contributed by atoms with Gasteiger partial charge >= 0.3 is 0 Å². The van der Waals surface area contributed by atoms with Crippen LogP contribution in [0.25, 0.3) is 0 Å². The Balaban J connectivity index is 1.99. The van der Waals surface area contributed by atoms with Gasteiger partial charge in [-0.3, -0.25) is 4.79 Å². The monoisotopic (exact) mass is 323 g/mol. The number of halogens is 1. The number of rotatable bonds is 3. The lowest BCUT2D eigenvalue weighted by atomic mass is 9.89. The van der Waals surface area contributed by atoms with Crippen molar-refractivity contribution in [3.63, 3.8) is 0 Å². The Labute approximate surface area is 124 Å². The topological polar surface area (TPSA) is 20.3 Å². The van der Waals surface area contributed by atoms with Crippen LogP contribution in [0.3, 0.4) is 0 Å². The molecule has 0 spiro atoms. The van der Waals surface area contributed by atoms with Crippen molar-refractivity contribution in [2.75, 3.05) is 6.54 Å². The molecule has 0 aromatic heterocycles. The number of carbonyl (C=O) groups is 1. The van der Waals surface area contributed by atoms with Crippen LogP contribution in [0.15, 0.2) is 28.7 Å². The van der Waals surface area contributed by atoms with Gasteiger partial charge in [0, 0.05) is 24.0 Å². The van der Waals surface area contributed by atoms with Crippen molar-refractivity contribution in [2.24, 2.45) is 11.8 Å². The van der Waals surface area contributed by atoms with Crippen molar-refractivity contribution in [3.05, 3.63) is 34.3 Å². The third-order valence-corrected chi connectivity index (χ3v) is 4.61. The first-order valence-corrected chi connectivity index (χ1v) is 7.88. The second kappa shape index (κ2) is 6.56. The van der Waals surface area contributed by atoms with Crippen molar-refractivity contribution in [1.82, 2.24) is 4.90 Å². The molecule has 2 rings (SSSR count).